The number of aromatic nitrogens is 3. The first-order valence-electron chi connectivity index (χ1n) is 11.1. The summed E-state index contributed by atoms with van der Waals surface area (Å²) in [5.41, 5.74) is 11.6. The summed E-state index contributed by atoms with van der Waals surface area (Å²) < 4.78 is 3.76. The number of thioether (sulfide) groups is 1. The van der Waals surface area contributed by atoms with Crippen molar-refractivity contribution < 1.29 is 33.5 Å². The molecule has 3 aromatic heterocycles. The van der Waals surface area contributed by atoms with Gasteiger partial charge < -0.3 is 31.5 Å². The number of imidazole rings is 1. The van der Waals surface area contributed by atoms with Crippen molar-refractivity contribution in [3.05, 3.63) is 59.1 Å². The SMILES string of the molecule is NC(=O)CO/N=C(\C(=O)N[C@@H]1C(=O)N2C(C(=O)[O-])=C(Cn3cc[n+]4ccccc34)CS[C@@H]12)c1csc(N)n1. The Morgan fingerprint density at radius 3 is 2.84 bits per heavy atom. The molecule has 5 heterocycles. The number of pyridine rings is 1. The lowest BCUT2D eigenvalue weighted by molar-refractivity contribution is -0.510. The Morgan fingerprint density at radius 2 is 2.13 bits per heavy atom. The highest BCUT2D eigenvalue weighted by Crippen LogP contribution is 2.40. The summed E-state index contributed by atoms with van der Waals surface area (Å²) in [6, 6.07) is 4.60. The van der Waals surface area contributed by atoms with Crippen LogP contribution in [0, 0.1) is 0 Å². The van der Waals surface area contributed by atoms with E-state index in [9.17, 15) is 24.3 Å². The number of oxime groups is 1. The van der Waals surface area contributed by atoms with E-state index in [1.165, 1.54) is 17.1 Å². The van der Waals surface area contributed by atoms with Crippen molar-refractivity contribution in [2.45, 2.75) is 18.0 Å². The Balaban J connectivity index is 1.36. The average Bonchev–Trinajstić information content (AvgIpc) is 3.50. The maximum absolute atomic E-state index is 13.1. The second kappa shape index (κ2) is 10.1. The third-order valence-corrected chi connectivity index (χ3v) is 7.81. The molecule has 16 heteroatoms. The van der Waals surface area contributed by atoms with Crippen LogP contribution in [0.1, 0.15) is 5.69 Å². The summed E-state index contributed by atoms with van der Waals surface area (Å²) in [5, 5.41) is 19.3. The number of nitrogens with one attached hydrogen (secondary N) is 1. The fraction of sp³-hybridized carbons (Fsp3) is 0.227. The lowest BCUT2D eigenvalue weighted by Gasteiger charge is -2.50. The van der Waals surface area contributed by atoms with Crippen molar-refractivity contribution in [2.24, 2.45) is 10.9 Å². The number of rotatable bonds is 9. The molecule has 2 aliphatic heterocycles. The predicted molar refractivity (Wildman–Crippen MR) is 133 cm³/mol. The van der Waals surface area contributed by atoms with Gasteiger partial charge in [0.2, 0.25) is 0 Å². The molecule has 5 rings (SSSR count). The smallest absolute Gasteiger partial charge is 0.286 e. The van der Waals surface area contributed by atoms with Gasteiger partial charge in [-0.05, 0) is 6.07 Å². The van der Waals surface area contributed by atoms with E-state index in [2.05, 4.69) is 15.5 Å². The van der Waals surface area contributed by atoms with Crippen molar-refractivity contribution in [1.82, 2.24) is 19.8 Å². The number of β-lactam (4-membered cyclic amide) rings is 1. The monoisotopic (exact) mass is 556 g/mol. The van der Waals surface area contributed by atoms with Crippen molar-refractivity contribution >= 4 is 63.3 Å². The number of anilines is 1. The number of hydrogen-bond donors (Lipinski definition) is 3. The van der Waals surface area contributed by atoms with Gasteiger partial charge in [-0.25, -0.2) is 14.0 Å². The van der Waals surface area contributed by atoms with Crippen LogP contribution in [0.3, 0.4) is 0 Å². The zero-order valence-corrected chi connectivity index (χ0v) is 21.1. The van der Waals surface area contributed by atoms with Crippen LogP contribution in [0.15, 0.2) is 58.6 Å². The van der Waals surface area contributed by atoms with E-state index >= 15 is 0 Å². The van der Waals surface area contributed by atoms with E-state index in [0.717, 1.165) is 21.9 Å². The molecule has 1 fully saturated rings. The van der Waals surface area contributed by atoms with Crippen LogP contribution in [0.2, 0.25) is 0 Å². The molecule has 0 radical (unpaired) electrons. The lowest BCUT2D eigenvalue weighted by Crippen LogP contribution is -2.71. The lowest BCUT2D eigenvalue weighted by atomic mass is 10.0. The summed E-state index contributed by atoms with van der Waals surface area (Å²) in [6.07, 6.45) is 5.53. The van der Waals surface area contributed by atoms with Gasteiger partial charge in [-0.2, -0.15) is 0 Å². The number of primary amides is 1. The molecule has 1 saturated heterocycles. The molecule has 0 aliphatic carbocycles. The Hall–Kier alpha value is -4.44. The summed E-state index contributed by atoms with van der Waals surface area (Å²) in [6.45, 7) is -0.341. The van der Waals surface area contributed by atoms with Crippen molar-refractivity contribution in [2.75, 3.05) is 18.1 Å². The normalized spacial score (nSPS) is 19.2. The molecule has 196 valence electrons. The van der Waals surface area contributed by atoms with E-state index in [-0.39, 0.29) is 28.8 Å². The van der Waals surface area contributed by atoms with Crippen molar-refractivity contribution in [3.8, 4) is 0 Å². The number of nitrogens with two attached hydrogens (primary N) is 2. The van der Waals surface area contributed by atoms with Gasteiger partial charge >= 0.3 is 0 Å². The highest BCUT2D eigenvalue weighted by atomic mass is 32.2. The molecule has 2 atom stereocenters. The van der Waals surface area contributed by atoms with Crippen molar-refractivity contribution in [3.63, 3.8) is 0 Å². The second-order valence-electron chi connectivity index (χ2n) is 8.24. The van der Waals surface area contributed by atoms with Crippen LogP contribution < -0.4 is 26.3 Å². The minimum atomic E-state index is -1.48. The van der Waals surface area contributed by atoms with Crippen LogP contribution in [0.4, 0.5) is 5.13 Å². The van der Waals surface area contributed by atoms with Gasteiger partial charge in [0.05, 0.1) is 17.9 Å². The van der Waals surface area contributed by atoms with E-state index in [1.807, 2.05) is 45.8 Å². The zero-order chi connectivity index (χ0) is 27.0. The van der Waals surface area contributed by atoms with Crippen LogP contribution in [0.5, 0.6) is 0 Å². The number of aliphatic carboxylic acids is 1. The molecule has 14 nitrogen and oxygen atoms in total. The highest BCUT2D eigenvalue weighted by molar-refractivity contribution is 8.00. The van der Waals surface area contributed by atoms with Gasteiger partial charge in [-0.3, -0.25) is 19.3 Å². The third kappa shape index (κ3) is 4.66. The highest BCUT2D eigenvalue weighted by Gasteiger charge is 2.53. The maximum Gasteiger partial charge on any atom is 0.286 e. The minimum Gasteiger partial charge on any atom is -0.543 e. The molecular weight excluding hydrogens is 536 g/mol. The number of nitrogens with zero attached hydrogens (tertiary/aromatic N) is 5. The molecule has 3 aromatic rings. The molecule has 38 heavy (non-hydrogen) atoms. The van der Waals surface area contributed by atoms with E-state index < -0.39 is 41.7 Å². The van der Waals surface area contributed by atoms with Crippen LogP contribution in [-0.4, -0.2) is 67.6 Å². The summed E-state index contributed by atoms with van der Waals surface area (Å²) in [5.74, 6) is -3.42. The van der Waals surface area contributed by atoms with E-state index in [1.54, 1.807) is 0 Å². The molecule has 0 spiro atoms. The van der Waals surface area contributed by atoms with Gasteiger partial charge in [0, 0.05) is 22.8 Å². The molecule has 3 amide bonds. The fourth-order valence-electron chi connectivity index (χ4n) is 4.15. The Kier molecular flexibility index (Phi) is 6.73. The average molecular weight is 557 g/mol. The number of amides is 3. The zero-order valence-electron chi connectivity index (χ0n) is 19.5. The first-order valence-corrected chi connectivity index (χ1v) is 13.0. The Bertz CT molecular complexity index is 1530. The summed E-state index contributed by atoms with van der Waals surface area (Å²) in [7, 11) is 0. The fourth-order valence-corrected chi connectivity index (χ4v) is 6.03. The Labute approximate surface area is 222 Å². The first kappa shape index (κ1) is 25.2. The number of fused-ring (bicyclic) bond motifs is 2. The maximum atomic E-state index is 13.1. The largest absolute Gasteiger partial charge is 0.543 e. The number of carbonyl (C=O) groups is 4. The quantitative estimate of drug-likeness (QED) is 0.111. The van der Waals surface area contributed by atoms with Crippen LogP contribution >= 0.6 is 23.1 Å². The standard InChI is InChI=1S/C22H20N8O6S2/c23-13(31)8-36-27-15(12-10-38-22(24)25-12)18(32)26-16-19(33)30-17(21(34)35)11(9-37-20(16)30)7-29-6-5-28-4-2-1-3-14(28)29/h1-6,10,16,20H,7-9H2,(H5-,23,24,25,26,31,32,34,35)/b27-15-/t16-,20+/m1/s1. The second-order valence-corrected chi connectivity index (χ2v) is 10.2. The molecule has 0 saturated carbocycles. The number of carbonyl (C=O) groups excluding carboxylic acids is 4. The van der Waals surface area contributed by atoms with Gasteiger partial charge in [0.15, 0.2) is 17.5 Å². The van der Waals surface area contributed by atoms with Gasteiger partial charge in [0.25, 0.3) is 23.4 Å². The number of carboxylic acid groups (broad SMARTS) is 1. The molecule has 0 aromatic carbocycles. The number of carboxylic acids is 1. The van der Waals surface area contributed by atoms with Crippen LogP contribution in [0.25, 0.3) is 5.65 Å². The van der Waals surface area contributed by atoms with Crippen molar-refractivity contribution in [1.29, 1.82) is 0 Å². The third-order valence-electron chi connectivity index (χ3n) is 5.80. The molecule has 0 bridgehead atoms. The minimum absolute atomic E-state index is 0.0730. The first-order chi connectivity index (χ1) is 18.2. The summed E-state index contributed by atoms with van der Waals surface area (Å²) in [4.78, 5) is 59.2. The van der Waals surface area contributed by atoms with Gasteiger partial charge in [0.1, 0.15) is 36.0 Å². The van der Waals surface area contributed by atoms with Crippen LogP contribution in [-0.2, 0) is 30.6 Å². The van der Waals surface area contributed by atoms with Gasteiger partial charge in [-0.15, -0.1) is 23.1 Å². The molecule has 2 aliphatic rings. The molecule has 0 unspecified atom stereocenters. The molecular formula is C22H20N8O6S2. The topological polar surface area (TPSA) is 202 Å². The summed E-state index contributed by atoms with van der Waals surface area (Å²) >= 11 is 2.36. The van der Waals surface area contributed by atoms with E-state index in [4.69, 9.17) is 16.3 Å². The van der Waals surface area contributed by atoms with Gasteiger partial charge in [-0.1, -0.05) is 11.2 Å². The number of nitrogen functional groups attached to an aromatic ring is 1. The predicted octanol–water partition coefficient (Wildman–Crippen LogP) is -2.42. The van der Waals surface area contributed by atoms with E-state index in [0.29, 0.717) is 11.3 Å². The number of hydrogen-bond acceptors (Lipinski definition) is 11. The Morgan fingerprint density at radius 1 is 1.32 bits per heavy atom. The number of thiazole rings is 1. The molecule has 5 N–H and O–H groups in total.